The maximum Gasteiger partial charge on any atom is 0.0650 e. The second-order valence-corrected chi connectivity index (χ2v) is 3.26. The molecule has 1 heterocycles. The number of hydrogen-bond donors (Lipinski definition) is 1. The molecule has 1 aromatic heterocycles. The van der Waals surface area contributed by atoms with E-state index in [9.17, 15) is 0 Å². The Hall–Kier alpha value is -1.14. The van der Waals surface area contributed by atoms with E-state index in [-0.39, 0.29) is 0 Å². The third-order valence-corrected chi connectivity index (χ3v) is 2.06. The molecule has 2 rings (SSSR count). The number of H-pyrrole nitrogens is 1. The Morgan fingerprint density at radius 2 is 2.17 bits per heavy atom. The summed E-state index contributed by atoms with van der Waals surface area (Å²) in [7, 11) is 2.67. The first-order valence-corrected chi connectivity index (χ1v) is 4.29. The van der Waals surface area contributed by atoms with Crippen LogP contribution in [0.4, 0.5) is 0 Å². The molecule has 0 amide bonds. The van der Waals surface area contributed by atoms with Crippen molar-refractivity contribution in [2.75, 3.05) is 0 Å². The SMILES string of the molecule is Pc1cccc(-c2ccn[nH]2)c1. The molecule has 1 unspecified atom stereocenters. The molecule has 0 fully saturated rings. The van der Waals surface area contributed by atoms with Gasteiger partial charge in [-0.3, -0.25) is 5.10 Å². The molecular formula is C9H9N2P. The van der Waals surface area contributed by atoms with Crippen LogP contribution in [0.25, 0.3) is 11.3 Å². The van der Waals surface area contributed by atoms with Gasteiger partial charge in [0.25, 0.3) is 0 Å². The fourth-order valence-corrected chi connectivity index (χ4v) is 1.41. The highest BCUT2D eigenvalue weighted by atomic mass is 31.0. The largest absolute Gasteiger partial charge is 0.278 e. The number of benzene rings is 1. The molecule has 0 aliphatic heterocycles. The minimum Gasteiger partial charge on any atom is -0.278 e. The van der Waals surface area contributed by atoms with Crippen LogP contribution < -0.4 is 5.30 Å². The highest BCUT2D eigenvalue weighted by molar-refractivity contribution is 7.27. The molecule has 12 heavy (non-hydrogen) atoms. The molecule has 0 aliphatic carbocycles. The average molecular weight is 176 g/mol. The van der Waals surface area contributed by atoms with Gasteiger partial charge in [0.1, 0.15) is 0 Å². The number of nitrogens with one attached hydrogen (secondary N) is 1. The molecule has 1 N–H and O–H groups in total. The molecule has 0 saturated heterocycles. The summed E-state index contributed by atoms with van der Waals surface area (Å²) >= 11 is 0. The van der Waals surface area contributed by atoms with Crippen molar-refractivity contribution in [2.24, 2.45) is 0 Å². The minimum atomic E-state index is 1.05. The molecule has 2 nitrogen and oxygen atoms in total. The van der Waals surface area contributed by atoms with Crippen LogP contribution in [0, 0.1) is 0 Å². The number of hydrogen-bond acceptors (Lipinski definition) is 1. The summed E-state index contributed by atoms with van der Waals surface area (Å²) in [5.74, 6) is 0. The second kappa shape index (κ2) is 3.08. The molecule has 2 aromatic rings. The predicted molar refractivity (Wildman–Crippen MR) is 53.4 cm³/mol. The fraction of sp³-hybridized carbons (Fsp3) is 0. The lowest BCUT2D eigenvalue weighted by Crippen LogP contribution is -1.89. The van der Waals surface area contributed by atoms with E-state index in [1.807, 2.05) is 18.2 Å². The van der Waals surface area contributed by atoms with Gasteiger partial charge >= 0.3 is 0 Å². The van der Waals surface area contributed by atoms with Gasteiger partial charge in [-0.15, -0.1) is 9.24 Å². The monoisotopic (exact) mass is 176 g/mol. The first kappa shape index (κ1) is 7.51. The zero-order valence-corrected chi connectivity index (χ0v) is 7.64. The van der Waals surface area contributed by atoms with Crippen LogP contribution >= 0.6 is 9.24 Å². The predicted octanol–water partition coefficient (Wildman–Crippen LogP) is 1.58. The molecular weight excluding hydrogens is 167 g/mol. The molecule has 1 aromatic carbocycles. The highest BCUT2D eigenvalue weighted by Gasteiger charge is 1.96. The molecule has 0 spiro atoms. The zero-order valence-electron chi connectivity index (χ0n) is 6.49. The van der Waals surface area contributed by atoms with E-state index in [1.54, 1.807) is 6.20 Å². The number of nitrogens with zero attached hydrogens (tertiary/aromatic N) is 1. The average Bonchev–Trinajstić information content (AvgIpc) is 2.56. The summed E-state index contributed by atoms with van der Waals surface area (Å²) in [6.45, 7) is 0. The summed E-state index contributed by atoms with van der Waals surface area (Å²) in [5.41, 5.74) is 2.22. The molecule has 0 bridgehead atoms. The van der Waals surface area contributed by atoms with E-state index in [0.717, 1.165) is 5.69 Å². The van der Waals surface area contributed by atoms with Crippen LogP contribution in [-0.4, -0.2) is 10.2 Å². The lowest BCUT2D eigenvalue weighted by molar-refractivity contribution is 1.10. The lowest BCUT2D eigenvalue weighted by atomic mass is 10.2. The normalized spacial score (nSPS) is 10.1. The van der Waals surface area contributed by atoms with Crippen LogP contribution in [0.2, 0.25) is 0 Å². The third kappa shape index (κ3) is 1.39. The van der Waals surface area contributed by atoms with Crippen molar-refractivity contribution in [3.8, 4) is 11.3 Å². The quantitative estimate of drug-likeness (QED) is 0.656. The van der Waals surface area contributed by atoms with Gasteiger partial charge in [-0.2, -0.15) is 5.10 Å². The first-order valence-electron chi connectivity index (χ1n) is 3.71. The van der Waals surface area contributed by atoms with Crippen molar-refractivity contribution >= 4 is 14.5 Å². The van der Waals surface area contributed by atoms with E-state index in [4.69, 9.17) is 0 Å². The van der Waals surface area contributed by atoms with Crippen molar-refractivity contribution in [3.05, 3.63) is 36.5 Å². The summed E-state index contributed by atoms with van der Waals surface area (Å²) < 4.78 is 0. The van der Waals surface area contributed by atoms with Crippen LogP contribution in [-0.2, 0) is 0 Å². The van der Waals surface area contributed by atoms with E-state index < -0.39 is 0 Å². The standard InChI is InChI=1S/C9H9N2P/c12-8-3-1-2-7(6-8)9-4-5-10-11-9/h1-6H,12H2,(H,10,11). The Bertz CT molecular complexity index is 368. The van der Waals surface area contributed by atoms with Crippen LogP contribution in [0.5, 0.6) is 0 Å². The topological polar surface area (TPSA) is 28.7 Å². The van der Waals surface area contributed by atoms with Gasteiger partial charge in [0.2, 0.25) is 0 Å². The van der Waals surface area contributed by atoms with Crippen molar-refractivity contribution in [1.29, 1.82) is 0 Å². The van der Waals surface area contributed by atoms with Gasteiger partial charge in [-0.1, -0.05) is 18.2 Å². The number of rotatable bonds is 1. The smallest absolute Gasteiger partial charge is 0.0650 e. The Morgan fingerprint density at radius 1 is 1.25 bits per heavy atom. The van der Waals surface area contributed by atoms with Crippen LogP contribution in [0.15, 0.2) is 36.5 Å². The number of aromatic nitrogens is 2. The molecule has 0 saturated carbocycles. The third-order valence-electron chi connectivity index (χ3n) is 1.70. The van der Waals surface area contributed by atoms with E-state index in [1.165, 1.54) is 10.9 Å². The van der Waals surface area contributed by atoms with E-state index in [0.29, 0.717) is 0 Å². The van der Waals surface area contributed by atoms with Gasteiger partial charge in [0, 0.05) is 11.8 Å². The van der Waals surface area contributed by atoms with Crippen LogP contribution in [0.3, 0.4) is 0 Å². The van der Waals surface area contributed by atoms with Crippen molar-refractivity contribution in [1.82, 2.24) is 10.2 Å². The Labute approximate surface area is 73.2 Å². The van der Waals surface area contributed by atoms with Crippen molar-refractivity contribution in [3.63, 3.8) is 0 Å². The summed E-state index contributed by atoms with van der Waals surface area (Å²) in [5, 5.41) is 8.00. The van der Waals surface area contributed by atoms with E-state index >= 15 is 0 Å². The second-order valence-electron chi connectivity index (χ2n) is 2.60. The minimum absolute atomic E-state index is 1.05. The van der Waals surface area contributed by atoms with Gasteiger partial charge in [-0.05, 0) is 17.4 Å². The fourth-order valence-electron chi connectivity index (χ4n) is 1.12. The molecule has 60 valence electrons. The first-order chi connectivity index (χ1) is 5.86. The highest BCUT2D eigenvalue weighted by Crippen LogP contribution is 2.14. The summed E-state index contributed by atoms with van der Waals surface area (Å²) in [6, 6.07) is 10.2. The van der Waals surface area contributed by atoms with Gasteiger partial charge in [0.05, 0.1) is 5.69 Å². The maximum absolute atomic E-state index is 3.90. The van der Waals surface area contributed by atoms with Gasteiger partial charge in [0.15, 0.2) is 0 Å². The molecule has 1 atom stereocenters. The Kier molecular flexibility index (Phi) is 1.92. The summed E-state index contributed by atoms with van der Waals surface area (Å²) in [4.78, 5) is 0. The van der Waals surface area contributed by atoms with Gasteiger partial charge < -0.3 is 0 Å². The molecule has 0 aliphatic rings. The van der Waals surface area contributed by atoms with Gasteiger partial charge in [-0.25, -0.2) is 0 Å². The maximum atomic E-state index is 3.90. The van der Waals surface area contributed by atoms with Crippen molar-refractivity contribution < 1.29 is 0 Å². The van der Waals surface area contributed by atoms with Crippen molar-refractivity contribution in [2.45, 2.75) is 0 Å². The summed E-state index contributed by atoms with van der Waals surface area (Å²) in [6.07, 6.45) is 1.75. The Balaban J connectivity index is 2.48. The molecule has 3 heteroatoms. The number of aromatic amines is 1. The Morgan fingerprint density at radius 3 is 2.83 bits per heavy atom. The molecule has 0 radical (unpaired) electrons. The van der Waals surface area contributed by atoms with E-state index in [2.05, 4.69) is 31.6 Å². The zero-order chi connectivity index (χ0) is 8.39. The lowest BCUT2D eigenvalue weighted by Gasteiger charge is -1.97. The van der Waals surface area contributed by atoms with Crippen LogP contribution in [0.1, 0.15) is 0 Å².